The zero-order valence-electron chi connectivity index (χ0n) is 10.2. The van der Waals surface area contributed by atoms with E-state index in [1.54, 1.807) is 0 Å². The largest absolute Gasteiger partial charge is 0.374 e. The van der Waals surface area contributed by atoms with Crippen LogP contribution in [0.25, 0.3) is 11.3 Å². The van der Waals surface area contributed by atoms with E-state index in [-0.39, 0.29) is 17.9 Å². The molecule has 1 aromatic carbocycles. The van der Waals surface area contributed by atoms with Crippen LogP contribution < -0.4 is 5.56 Å². The average molecular weight is 266 g/mol. The Balaban J connectivity index is 2.44. The number of halogens is 2. The van der Waals surface area contributed by atoms with Crippen molar-refractivity contribution >= 4 is 0 Å². The highest BCUT2D eigenvalue weighted by molar-refractivity contribution is 5.59. The molecule has 0 aliphatic rings. The second kappa shape index (κ2) is 5.71. The van der Waals surface area contributed by atoms with Gasteiger partial charge in [-0.1, -0.05) is 0 Å². The summed E-state index contributed by atoms with van der Waals surface area (Å²) in [4.78, 5) is 18.1. The first-order valence-electron chi connectivity index (χ1n) is 5.73. The van der Waals surface area contributed by atoms with Crippen LogP contribution in [0.3, 0.4) is 0 Å². The maximum atomic E-state index is 13.6. The van der Waals surface area contributed by atoms with E-state index < -0.39 is 17.2 Å². The Morgan fingerprint density at radius 3 is 2.79 bits per heavy atom. The number of nitrogens with one attached hydrogen (secondary N) is 1. The molecule has 19 heavy (non-hydrogen) atoms. The van der Waals surface area contributed by atoms with Crippen molar-refractivity contribution in [2.75, 3.05) is 6.61 Å². The van der Waals surface area contributed by atoms with Crippen molar-refractivity contribution in [3.8, 4) is 11.3 Å². The Hall–Kier alpha value is -2.08. The minimum Gasteiger partial charge on any atom is -0.374 e. The lowest BCUT2D eigenvalue weighted by molar-refractivity contribution is 0.128. The van der Waals surface area contributed by atoms with Crippen LogP contribution in [0, 0.1) is 11.6 Å². The summed E-state index contributed by atoms with van der Waals surface area (Å²) in [7, 11) is 0. The lowest BCUT2D eigenvalue weighted by atomic mass is 10.1. The minimum absolute atomic E-state index is 0.0743. The summed E-state index contributed by atoms with van der Waals surface area (Å²) < 4.78 is 31.6. The predicted octanol–water partition coefficient (Wildman–Crippen LogP) is 2.25. The molecule has 4 nitrogen and oxygen atoms in total. The zero-order valence-corrected chi connectivity index (χ0v) is 10.2. The molecule has 0 aliphatic carbocycles. The van der Waals surface area contributed by atoms with E-state index in [9.17, 15) is 13.6 Å². The summed E-state index contributed by atoms with van der Waals surface area (Å²) in [6.45, 7) is 2.41. The van der Waals surface area contributed by atoms with Gasteiger partial charge in [0.25, 0.3) is 5.56 Å². The standard InChI is InChI=1S/C13H12F2N2O2/c1-2-19-7-12-16-11(6-13(18)17-12)9-4-3-8(14)5-10(9)15/h3-6H,2,7H2,1H3,(H,16,17,18). The Morgan fingerprint density at radius 1 is 1.32 bits per heavy atom. The van der Waals surface area contributed by atoms with Crippen LogP contribution in [-0.2, 0) is 11.3 Å². The van der Waals surface area contributed by atoms with Crippen molar-refractivity contribution in [2.45, 2.75) is 13.5 Å². The number of nitrogens with zero attached hydrogens (tertiary/aromatic N) is 1. The van der Waals surface area contributed by atoms with Crippen LogP contribution in [0.1, 0.15) is 12.7 Å². The van der Waals surface area contributed by atoms with Crippen molar-refractivity contribution in [1.82, 2.24) is 9.97 Å². The maximum Gasteiger partial charge on any atom is 0.251 e. The molecule has 100 valence electrons. The first-order valence-corrected chi connectivity index (χ1v) is 5.73. The van der Waals surface area contributed by atoms with Crippen molar-refractivity contribution in [2.24, 2.45) is 0 Å². The van der Waals surface area contributed by atoms with Gasteiger partial charge >= 0.3 is 0 Å². The van der Waals surface area contributed by atoms with Gasteiger partial charge in [0.1, 0.15) is 24.1 Å². The number of aromatic amines is 1. The molecular weight excluding hydrogens is 254 g/mol. The van der Waals surface area contributed by atoms with Gasteiger partial charge in [-0.2, -0.15) is 0 Å². The molecule has 1 aromatic heterocycles. The molecular formula is C13H12F2N2O2. The molecule has 0 radical (unpaired) electrons. The van der Waals surface area contributed by atoms with E-state index in [0.717, 1.165) is 18.2 Å². The van der Waals surface area contributed by atoms with Crippen LogP contribution >= 0.6 is 0 Å². The Morgan fingerprint density at radius 2 is 2.11 bits per heavy atom. The first kappa shape index (κ1) is 13.4. The molecule has 0 atom stereocenters. The number of hydrogen-bond acceptors (Lipinski definition) is 3. The molecule has 0 unspecified atom stereocenters. The molecule has 0 amide bonds. The lowest BCUT2D eigenvalue weighted by Gasteiger charge is -2.05. The predicted molar refractivity (Wildman–Crippen MR) is 65.5 cm³/mol. The first-order chi connectivity index (χ1) is 9.10. The molecule has 0 aliphatic heterocycles. The topological polar surface area (TPSA) is 55.0 Å². The van der Waals surface area contributed by atoms with E-state index >= 15 is 0 Å². The third-order valence-electron chi connectivity index (χ3n) is 2.44. The summed E-state index contributed by atoms with van der Waals surface area (Å²) in [5, 5.41) is 0. The van der Waals surface area contributed by atoms with Gasteiger partial charge in [-0.25, -0.2) is 13.8 Å². The van der Waals surface area contributed by atoms with Gasteiger partial charge in [0.2, 0.25) is 0 Å². The highest BCUT2D eigenvalue weighted by atomic mass is 19.1. The summed E-state index contributed by atoms with van der Waals surface area (Å²) in [6, 6.07) is 4.27. The SMILES string of the molecule is CCOCc1nc(-c2ccc(F)cc2F)cc(=O)[nH]1. The number of rotatable bonds is 4. The summed E-state index contributed by atoms with van der Waals surface area (Å²) >= 11 is 0. The van der Waals surface area contributed by atoms with Crippen molar-refractivity contribution in [1.29, 1.82) is 0 Å². The Bertz CT molecular complexity index is 641. The molecule has 0 fully saturated rings. The van der Waals surface area contributed by atoms with Gasteiger partial charge in [-0.15, -0.1) is 0 Å². The van der Waals surface area contributed by atoms with Crippen molar-refractivity contribution in [3.05, 3.63) is 52.1 Å². The third-order valence-corrected chi connectivity index (χ3v) is 2.44. The van der Waals surface area contributed by atoms with E-state index in [1.807, 2.05) is 6.92 Å². The van der Waals surface area contributed by atoms with Gasteiger partial charge in [-0.05, 0) is 19.1 Å². The van der Waals surface area contributed by atoms with E-state index in [1.165, 1.54) is 6.07 Å². The molecule has 0 bridgehead atoms. The van der Waals surface area contributed by atoms with Crippen LogP contribution in [0.15, 0.2) is 29.1 Å². The quantitative estimate of drug-likeness (QED) is 0.923. The lowest BCUT2D eigenvalue weighted by Crippen LogP contribution is -2.12. The number of benzene rings is 1. The fourth-order valence-electron chi connectivity index (χ4n) is 1.61. The Kier molecular flexibility index (Phi) is 4.01. The minimum atomic E-state index is -0.763. The van der Waals surface area contributed by atoms with Gasteiger partial charge in [0, 0.05) is 24.3 Å². The van der Waals surface area contributed by atoms with Crippen molar-refractivity contribution < 1.29 is 13.5 Å². The zero-order chi connectivity index (χ0) is 13.8. The smallest absolute Gasteiger partial charge is 0.251 e. The number of hydrogen-bond donors (Lipinski definition) is 1. The molecule has 2 rings (SSSR count). The second-order valence-electron chi connectivity index (χ2n) is 3.84. The average Bonchev–Trinajstić information content (AvgIpc) is 2.35. The maximum absolute atomic E-state index is 13.6. The molecule has 1 N–H and O–H groups in total. The highest BCUT2D eigenvalue weighted by Crippen LogP contribution is 2.20. The van der Waals surface area contributed by atoms with Crippen molar-refractivity contribution in [3.63, 3.8) is 0 Å². The number of ether oxygens (including phenoxy) is 1. The number of aromatic nitrogens is 2. The molecule has 0 saturated heterocycles. The molecule has 0 spiro atoms. The normalized spacial score (nSPS) is 10.7. The van der Waals surface area contributed by atoms with E-state index in [0.29, 0.717) is 12.4 Å². The van der Waals surface area contributed by atoms with Crippen LogP contribution in [0.5, 0.6) is 0 Å². The van der Waals surface area contributed by atoms with Gasteiger partial charge in [0.15, 0.2) is 0 Å². The van der Waals surface area contributed by atoms with E-state index in [4.69, 9.17) is 4.74 Å². The van der Waals surface area contributed by atoms with Gasteiger partial charge in [0.05, 0.1) is 5.69 Å². The summed E-state index contributed by atoms with van der Waals surface area (Å²) in [5.41, 5.74) is -0.190. The second-order valence-corrected chi connectivity index (χ2v) is 3.84. The van der Waals surface area contributed by atoms with Crippen LogP contribution in [0.4, 0.5) is 8.78 Å². The molecule has 2 aromatic rings. The van der Waals surface area contributed by atoms with E-state index in [2.05, 4.69) is 9.97 Å². The van der Waals surface area contributed by atoms with Crippen LogP contribution in [-0.4, -0.2) is 16.6 Å². The number of H-pyrrole nitrogens is 1. The third kappa shape index (κ3) is 3.23. The van der Waals surface area contributed by atoms with Gasteiger partial charge < -0.3 is 9.72 Å². The fraction of sp³-hybridized carbons (Fsp3) is 0.231. The Labute approximate surface area is 108 Å². The molecule has 0 saturated carbocycles. The van der Waals surface area contributed by atoms with Crippen LogP contribution in [0.2, 0.25) is 0 Å². The highest BCUT2D eigenvalue weighted by Gasteiger charge is 2.10. The van der Waals surface area contributed by atoms with Gasteiger partial charge in [-0.3, -0.25) is 4.79 Å². The summed E-state index contributed by atoms with van der Waals surface area (Å²) in [6.07, 6.45) is 0. The summed E-state index contributed by atoms with van der Waals surface area (Å²) in [5.74, 6) is -1.14. The monoisotopic (exact) mass is 266 g/mol. The fourth-order valence-corrected chi connectivity index (χ4v) is 1.61. The molecule has 6 heteroatoms. The molecule has 1 heterocycles.